The third kappa shape index (κ3) is 3.32. The van der Waals surface area contributed by atoms with Gasteiger partial charge in [0.15, 0.2) is 5.13 Å². The van der Waals surface area contributed by atoms with Gasteiger partial charge in [-0.15, -0.1) is 22.7 Å². The number of aromatic nitrogens is 1. The zero-order chi connectivity index (χ0) is 11.4. The van der Waals surface area contributed by atoms with E-state index in [1.54, 1.807) is 22.7 Å². The van der Waals surface area contributed by atoms with E-state index in [4.69, 9.17) is 0 Å². The Morgan fingerprint density at radius 1 is 1.38 bits per heavy atom. The fourth-order valence-electron chi connectivity index (χ4n) is 1.46. The highest BCUT2D eigenvalue weighted by atomic mass is 32.1. The Morgan fingerprint density at radius 3 is 2.94 bits per heavy atom. The minimum atomic E-state index is 0.700. The zero-order valence-electron chi connectivity index (χ0n) is 9.56. The van der Waals surface area contributed by atoms with E-state index in [2.05, 4.69) is 41.7 Å². The van der Waals surface area contributed by atoms with E-state index in [9.17, 15) is 0 Å². The molecule has 1 N–H and O–H groups in total. The van der Waals surface area contributed by atoms with Crippen LogP contribution in [0.1, 0.15) is 23.6 Å². The van der Waals surface area contributed by atoms with E-state index in [1.165, 1.54) is 9.75 Å². The van der Waals surface area contributed by atoms with E-state index < -0.39 is 0 Å². The van der Waals surface area contributed by atoms with Crippen molar-refractivity contribution in [2.75, 3.05) is 5.32 Å². The maximum absolute atomic E-state index is 4.38. The first-order valence-corrected chi connectivity index (χ1v) is 7.14. The zero-order valence-corrected chi connectivity index (χ0v) is 11.2. The molecule has 16 heavy (non-hydrogen) atoms. The summed E-state index contributed by atoms with van der Waals surface area (Å²) < 4.78 is 0. The number of nitrogens with zero attached hydrogens (tertiary/aromatic N) is 1. The van der Waals surface area contributed by atoms with Crippen molar-refractivity contribution >= 4 is 27.8 Å². The minimum absolute atomic E-state index is 0.700. The van der Waals surface area contributed by atoms with Gasteiger partial charge in [0.1, 0.15) is 0 Å². The Balaban J connectivity index is 1.88. The number of nitrogens with one attached hydrogen (secondary N) is 1. The summed E-state index contributed by atoms with van der Waals surface area (Å²) in [5.74, 6) is 0.700. The number of hydrogen-bond donors (Lipinski definition) is 1. The van der Waals surface area contributed by atoms with Crippen LogP contribution in [-0.2, 0) is 13.0 Å². The number of hydrogen-bond acceptors (Lipinski definition) is 4. The second-order valence-corrected chi connectivity index (χ2v) is 6.31. The third-order valence-corrected chi connectivity index (χ3v) is 4.01. The molecule has 0 aliphatic heterocycles. The lowest BCUT2D eigenvalue weighted by Gasteiger charge is -2.00. The lowest BCUT2D eigenvalue weighted by Crippen LogP contribution is -1.95. The van der Waals surface area contributed by atoms with Crippen LogP contribution in [0.4, 0.5) is 5.13 Å². The normalized spacial score (nSPS) is 10.9. The Hall–Kier alpha value is -0.870. The molecule has 0 aliphatic carbocycles. The van der Waals surface area contributed by atoms with Crippen LogP contribution in [0.2, 0.25) is 0 Å². The molecule has 0 bridgehead atoms. The van der Waals surface area contributed by atoms with Gasteiger partial charge in [-0.25, -0.2) is 4.98 Å². The molecular weight excluding hydrogens is 236 g/mol. The molecule has 0 amide bonds. The molecule has 0 saturated carbocycles. The Morgan fingerprint density at radius 2 is 2.25 bits per heavy atom. The molecule has 0 fully saturated rings. The molecule has 0 spiro atoms. The number of thiophene rings is 1. The lowest BCUT2D eigenvalue weighted by atomic mass is 10.1. The summed E-state index contributed by atoms with van der Waals surface area (Å²) in [6.45, 7) is 5.35. The summed E-state index contributed by atoms with van der Waals surface area (Å²) in [7, 11) is 0. The predicted molar refractivity (Wildman–Crippen MR) is 72.3 cm³/mol. The molecule has 0 saturated heterocycles. The molecule has 0 atom stereocenters. The van der Waals surface area contributed by atoms with E-state index in [0.29, 0.717) is 5.92 Å². The van der Waals surface area contributed by atoms with Gasteiger partial charge in [-0.1, -0.05) is 19.9 Å². The van der Waals surface area contributed by atoms with Gasteiger partial charge in [0, 0.05) is 16.0 Å². The molecule has 2 heterocycles. The number of thiazole rings is 1. The smallest absolute Gasteiger partial charge is 0.183 e. The highest BCUT2D eigenvalue weighted by molar-refractivity contribution is 7.15. The summed E-state index contributed by atoms with van der Waals surface area (Å²) in [6, 6.07) is 4.22. The highest BCUT2D eigenvalue weighted by Gasteiger charge is 2.04. The summed E-state index contributed by atoms with van der Waals surface area (Å²) >= 11 is 3.54. The van der Waals surface area contributed by atoms with E-state index in [-0.39, 0.29) is 0 Å². The first-order chi connectivity index (χ1) is 7.74. The molecule has 0 aromatic carbocycles. The van der Waals surface area contributed by atoms with Crippen LogP contribution in [0.15, 0.2) is 23.7 Å². The van der Waals surface area contributed by atoms with Gasteiger partial charge in [0.2, 0.25) is 0 Å². The minimum Gasteiger partial charge on any atom is -0.357 e. The van der Waals surface area contributed by atoms with Crippen molar-refractivity contribution in [2.45, 2.75) is 26.8 Å². The van der Waals surface area contributed by atoms with Crippen molar-refractivity contribution in [1.29, 1.82) is 0 Å². The topological polar surface area (TPSA) is 24.9 Å². The molecule has 2 aromatic rings. The predicted octanol–water partition coefficient (Wildman–Crippen LogP) is 4.02. The van der Waals surface area contributed by atoms with Crippen LogP contribution in [0.25, 0.3) is 0 Å². The highest BCUT2D eigenvalue weighted by Crippen LogP contribution is 2.22. The van der Waals surface area contributed by atoms with Gasteiger partial charge in [-0.05, 0) is 23.8 Å². The van der Waals surface area contributed by atoms with Crippen molar-refractivity contribution < 1.29 is 0 Å². The molecule has 0 unspecified atom stereocenters. The van der Waals surface area contributed by atoms with Gasteiger partial charge < -0.3 is 5.32 Å². The van der Waals surface area contributed by atoms with Crippen LogP contribution in [0.5, 0.6) is 0 Å². The first-order valence-electron chi connectivity index (χ1n) is 5.45. The second kappa shape index (κ2) is 5.46. The molecular formula is C12H16N2S2. The van der Waals surface area contributed by atoms with Crippen molar-refractivity contribution in [2.24, 2.45) is 5.92 Å². The van der Waals surface area contributed by atoms with Crippen LogP contribution in [0.3, 0.4) is 0 Å². The average molecular weight is 252 g/mol. The van der Waals surface area contributed by atoms with Crippen LogP contribution in [0, 0.1) is 5.92 Å². The maximum atomic E-state index is 4.38. The molecule has 2 aromatic heterocycles. The molecule has 4 heteroatoms. The van der Waals surface area contributed by atoms with Crippen molar-refractivity contribution in [3.05, 3.63) is 33.5 Å². The standard InChI is InChI=1S/C12H16N2S2/c1-9(2)6-11-8-14-12(16-11)13-7-10-4-3-5-15-10/h3-5,8-9H,6-7H2,1-2H3,(H,13,14). The quantitative estimate of drug-likeness (QED) is 0.869. The molecule has 86 valence electrons. The maximum Gasteiger partial charge on any atom is 0.183 e. The number of rotatable bonds is 5. The second-order valence-electron chi connectivity index (χ2n) is 4.16. The van der Waals surface area contributed by atoms with Gasteiger partial charge in [0.25, 0.3) is 0 Å². The fraction of sp³-hybridized carbons (Fsp3) is 0.417. The fourth-order valence-corrected chi connectivity index (χ4v) is 3.13. The monoisotopic (exact) mass is 252 g/mol. The van der Waals surface area contributed by atoms with Gasteiger partial charge in [-0.3, -0.25) is 0 Å². The average Bonchev–Trinajstić information content (AvgIpc) is 2.84. The Labute approximate surface area is 104 Å². The van der Waals surface area contributed by atoms with Gasteiger partial charge >= 0.3 is 0 Å². The van der Waals surface area contributed by atoms with E-state index in [0.717, 1.165) is 18.1 Å². The number of anilines is 1. The molecule has 2 nitrogen and oxygen atoms in total. The molecule has 0 aliphatic rings. The summed E-state index contributed by atoms with van der Waals surface area (Å²) in [5.41, 5.74) is 0. The third-order valence-electron chi connectivity index (χ3n) is 2.16. The van der Waals surface area contributed by atoms with Crippen LogP contribution >= 0.6 is 22.7 Å². The van der Waals surface area contributed by atoms with Crippen LogP contribution in [-0.4, -0.2) is 4.98 Å². The SMILES string of the molecule is CC(C)Cc1cnc(NCc2cccs2)s1. The van der Waals surface area contributed by atoms with Gasteiger partial charge in [-0.2, -0.15) is 0 Å². The molecule has 0 radical (unpaired) electrons. The summed E-state index contributed by atoms with van der Waals surface area (Å²) in [5, 5.41) is 6.49. The lowest BCUT2D eigenvalue weighted by molar-refractivity contribution is 0.653. The van der Waals surface area contributed by atoms with Crippen LogP contribution < -0.4 is 5.32 Å². The van der Waals surface area contributed by atoms with Crippen molar-refractivity contribution in [1.82, 2.24) is 4.98 Å². The first kappa shape index (κ1) is 11.6. The largest absolute Gasteiger partial charge is 0.357 e. The van der Waals surface area contributed by atoms with E-state index in [1.807, 2.05) is 6.20 Å². The van der Waals surface area contributed by atoms with Crippen molar-refractivity contribution in [3.63, 3.8) is 0 Å². The van der Waals surface area contributed by atoms with E-state index >= 15 is 0 Å². The molecule has 2 rings (SSSR count). The van der Waals surface area contributed by atoms with Crippen molar-refractivity contribution in [3.8, 4) is 0 Å². The Kier molecular flexibility index (Phi) is 3.96. The summed E-state index contributed by atoms with van der Waals surface area (Å²) in [6.07, 6.45) is 3.11. The Bertz CT molecular complexity index is 418. The summed E-state index contributed by atoms with van der Waals surface area (Å²) in [4.78, 5) is 7.09. The van der Waals surface area contributed by atoms with Gasteiger partial charge in [0.05, 0.1) is 6.54 Å².